The number of hydrogen-bond donors (Lipinski definition) is 1. The molecule has 2 rings (SSSR count). The van der Waals surface area contributed by atoms with Gasteiger partial charge in [-0.2, -0.15) is 5.10 Å². The van der Waals surface area contributed by atoms with E-state index in [0.717, 1.165) is 19.6 Å². The number of rotatable bonds is 6. The Balaban J connectivity index is 2.12. The molecule has 0 amide bonds. The Labute approximate surface area is 128 Å². The summed E-state index contributed by atoms with van der Waals surface area (Å²) >= 11 is 0. The minimum Gasteiger partial charge on any atom is -0.311 e. The minimum atomic E-state index is 0.669. The molecule has 0 aliphatic carbocycles. The molecule has 3 heteroatoms. The van der Waals surface area contributed by atoms with Gasteiger partial charge in [0.05, 0.1) is 12.2 Å². The van der Waals surface area contributed by atoms with Gasteiger partial charge in [-0.15, -0.1) is 0 Å². The van der Waals surface area contributed by atoms with E-state index in [1.807, 2.05) is 6.20 Å². The van der Waals surface area contributed by atoms with Crippen LogP contribution in [0.3, 0.4) is 0 Å². The minimum absolute atomic E-state index is 0.669. The highest BCUT2D eigenvalue weighted by atomic mass is 15.3. The normalized spacial score (nSPS) is 11.3. The fraction of sp³-hybridized carbons (Fsp3) is 0.500. The number of aromatic nitrogens is 2. The highest BCUT2D eigenvalue weighted by molar-refractivity contribution is 5.37. The molecule has 0 fully saturated rings. The van der Waals surface area contributed by atoms with E-state index in [1.165, 1.54) is 27.9 Å². The van der Waals surface area contributed by atoms with Gasteiger partial charge in [-0.05, 0) is 56.0 Å². The summed E-state index contributed by atoms with van der Waals surface area (Å²) in [5, 5.41) is 7.98. The second-order valence-corrected chi connectivity index (χ2v) is 6.38. The van der Waals surface area contributed by atoms with Crippen LogP contribution in [0.2, 0.25) is 0 Å². The van der Waals surface area contributed by atoms with Crippen LogP contribution in [0.5, 0.6) is 0 Å². The third kappa shape index (κ3) is 4.18. The van der Waals surface area contributed by atoms with E-state index in [2.05, 4.69) is 67.9 Å². The lowest BCUT2D eigenvalue weighted by Crippen LogP contribution is -2.21. The maximum absolute atomic E-state index is 4.49. The van der Waals surface area contributed by atoms with Crippen molar-refractivity contribution >= 4 is 0 Å². The van der Waals surface area contributed by atoms with E-state index in [0.29, 0.717) is 5.92 Å². The van der Waals surface area contributed by atoms with Gasteiger partial charge in [0, 0.05) is 12.7 Å². The van der Waals surface area contributed by atoms with Crippen molar-refractivity contribution in [1.29, 1.82) is 0 Å². The maximum Gasteiger partial charge on any atom is 0.0668 e. The van der Waals surface area contributed by atoms with Crippen LogP contribution >= 0.6 is 0 Å². The highest BCUT2D eigenvalue weighted by Gasteiger charge is 2.08. The Morgan fingerprint density at radius 3 is 2.43 bits per heavy atom. The topological polar surface area (TPSA) is 29.9 Å². The molecule has 0 unspecified atom stereocenters. The van der Waals surface area contributed by atoms with E-state index < -0.39 is 0 Å². The molecule has 1 aromatic heterocycles. The van der Waals surface area contributed by atoms with E-state index in [9.17, 15) is 0 Å². The molecule has 1 aromatic carbocycles. The van der Waals surface area contributed by atoms with Crippen LogP contribution in [-0.2, 0) is 13.1 Å². The summed E-state index contributed by atoms with van der Waals surface area (Å²) < 4.78 is 2.11. The monoisotopic (exact) mass is 285 g/mol. The fourth-order valence-electron chi connectivity index (χ4n) is 2.75. The van der Waals surface area contributed by atoms with Crippen molar-refractivity contribution in [2.24, 2.45) is 5.92 Å². The van der Waals surface area contributed by atoms with Crippen molar-refractivity contribution in [3.8, 4) is 0 Å². The summed E-state index contributed by atoms with van der Waals surface area (Å²) in [6.45, 7) is 13.7. The lowest BCUT2D eigenvalue weighted by Gasteiger charge is -2.14. The van der Waals surface area contributed by atoms with Crippen LogP contribution in [-0.4, -0.2) is 16.3 Å². The smallest absolute Gasteiger partial charge is 0.0668 e. The van der Waals surface area contributed by atoms with Gasteiger partial charge in [0.1, 0.15) is 0 Å². The van der Waals surface area contributed by atoms with E-state index in [-0.39, 0.29) is 0 Å². The molecule has 0 radical (unpaired) electrons. The molecule has 0 saturated carbocycles. The van der Waals surface area contributed by atoms with E-state index in [1.54, 1.807) is 0 Å². The third-order valence-electron chi connectivity index (χ3n) is 3.81. The quantitative estimate of drug-likeness (QED) is 0.879. The Hall–Kier alpha value is -1.61. The first-order chi connectivity index (χ1) is 9.97. The zero-order valence-corrected chi connectivity index (χ0v) is 13.9. The van der Waals surface area contributed by atoms with Crippen LogP contribution in [0.15, 0.2) is 24.4 Å². The van der Waals surface area contributed by atoms with Crippen LogP contribution < -0.4 is 5.32 Å². The number of aryl methyl sites for hydroxylation is 3. The molecule has 0 aliphatic heterocycles. The van der Waals surface area contributed by atoms with Crippen molar-refractivity contribution in [2.45, 2.75) is 47.7 Å². The summed E-state index contributed by atoms with van der Waals surface area (Å²) in [5.74, 6) is 0.669. The Morgan fingerprint density at radius 2 is 1.81 bits per heavy atom. The molecule has 3 nitrogen and oxygen atoms in total. The van der Waals surface area contributed by atoms with Crippen molar-refractivity contribution in [3.05, 3.63) is 52.3 Å². The molecule has 0 saturated heterocycles. The summed E-state index contributed by atoms with van der Waals surface area (Å²) in [7, 11) is 0. The second-order valence-electron chi connectivity index (χ2n) is 6.38. The average molecular weight is 285 g/mol. The van der Waals surface area contributed by atoms with Gasteiger partial charge in [-0.1, -0.05) is 31.5 Å². The number of nitrogens with zero attached hydrogens (tertiary/aromatic N) is 2. The molecule has 1 heterocycles. The van der Waals surface area contributed by atoms with E-state index >= 15 is 0 Å². The molecule has 0 bridgehead atoms. The van der Waals surface area contributed by atoms with Crippen molar-refractivity contribution < 1.29 is 0 Å². The Bertz CT molecular complexity index is 573. The second kappa shape index (κ2) is 6.90. The predicted molar refractivity (Wildman–Crippen MR) is 88.5 cm³/mol. The van der Waals surface area contributed by atoms with Gasteiger partial charge in [0.2, 0.25) is 0 Å². The average Bonchev–Trinajstić information content (AvgIpc) is 2.80. The van der Waals surface area contributed by atoms with Crippen molar-refractivity contribution in [3.63, 3.8) is 0 Å². The highest BCUT2D eigenvalue weighted by Crippen LogP contribution is 2.18. The summed E-state index contributed by atoms with van der Waals surface area (Å²) in [6, 6.07) is 6.61. The Morgan fingerprint density at radius 1 is 1.14 bits per heavy atom. The fourth-order valence-corrected chi connectivity index (χ4v) is 2.75. The van der Waals surface area contributed by atoms with Gasteiger partial charge >= 0.3 is 0 Å². The number of nitrogens with one attached hydrogen (secondary N) is 1. The molecular weight excluding hydrogens is 258 g/mol. The first-order valence-electron chi connectivity index (χ1n) is 7.75. The van der Waals surface area contributed by atoms with E-state index in [4.69, 9.17) is 0 Å². The standard InChI is InChI=1S/C18H27N3/c1-13(2)10-19-11-17-6-7-20-21(17)12-18-15(4)8-14(3)9-16(18)5/h6-9,13,19H,10-12H2,1-5H3. The van der Waals surface area contributed by atoms with Gasteiger partial charge in [0.15, 0.2) is 0 Å². The summed E-state index contributed by atoms with van der Waals surface area (Å²) in [4.78, 5) is 0. The van der Waals surface area contributed by atoms with Crippen molar-refractivity contribution in [1.82, 2.24) is 15.1 Å². The van der Waals surface area contributed by atoms with Gasteiger partial charge in [-0.25, -0.2) is 0 Å². The van der Waals surface area contributed by atoms with Crippen molar-refractivity contribution in [2.75, 3.05) is 6.54 Å². The summed E-state index contributed by atoms with van der Waals surface area (Å²) in [6.07, 6.45) is 1.89. The molecule has 2 aromatic rings. The zero-order chi connectivity index (χ0) is 15.4. The maximum atomic E-state index is 4.49. The van der Waals surface area contributed by atoms with Gasteiger partial charge in [-0.3, -0.25) is 4.68 Å². The lowest BCUT2D eigenvalue weighted by molar-refractivity contribution is 0.529. The largest absolute Gasteiger partial charge is 0.311 e. The molecule has 0 spiro atoms. The van der Waals surface area contributed by atoms with Crippen LogP contribution in [0, 0.1) is 26.7 Å². The zero-order valence-electron chi connectivity index (χ0n) is 13.9. The van der Waals surface area contributed by atoms with Crippen LogP contribution in [0.25, 0.3) is 0 Å². The molecule has 1 N–H and O–H groups in total. The molecule has 0 atom stereocenters. The molecule has 21 heavy (non-hydrogen) atoms. The number of hydrogen-bond acceptors (Lipinski definition) is 2. The predicted octanol–water partition coefficient (Wildman–Crippen LogP) is 3.60. The van der Waals surface area contributed by atoms with Crippen LogP contribution in [0.1, 0.15) is 41.8 Å². The van der Waals surface area contributed by atoms with Crippen LogP contribution in [0.4, 0.5) is 0 Å². The SMILES string of the molecule is Cc1cc(C)c(Cn2nccc2CNCC(C)C)c(C)c1. The molecule has 114 valence electrons. The first-order valence-corrected chi connectivity index (χ1v) is 7.75. The molecule has 0 aliphatic rings. The summed E-state index contributed by atoms with van der Waals surface area (Å²) in [5.41, 5.74) is 6.66. The third-order valence-corrected chi connectivity index (χ3v) is 3.81. The number of benzene rings is 1. The first kappa shape index (κ1) is 15.8. The lowest BCUT2D eigenvalue weighted by atomic mass is 10.00. The molecular formula is C18H27N3. The van der Waals surface area contributed by atoms with Gasteiger partial charge < -0.3 is 5.32 Å². The Kier molecular flexibility index (Phi) is 5.18. The van der Waals surface area contributed by atoms with Gasteiger partial charge in [0.25, 0.3) is 0 Å².